The van der Waals surface area contributed by atoms with E-state index in [1.54, 1.807) is 16.8 Å². The van der Waals surface area contributed by atoms with Gasteiger partial charge in [-0.05, 0) is 39.0 Å². The molecule has 1 aromatic carbocycles. The van der Waals surface area contributed by atoms with Crippen LogP contribution < -0.4 is 10.0 Å². The molecule has 3 aromatic rings. The quantitative estimate of drug-likeness (QED) is 0.262. The molecule has 0 saturated heterocycles. The minimum atomic E-state index is -4.24. The molecule has 0 bridgehead atoms. The topological polar surface area (TPSA) is 188 Å². The molecule has 0 fully saturated rings. The minimum Gasteiger partial charge on any atom is -0.367 e. The number of aryl methyl sites for hydroxylation is 2. The molecular weight excluding hydrogens is 456 g/mol. The summed E-state index contributed by atoms with van der Waals surface area (Å²) in [6.07, 6.45) is 0. The lowest BCUT2D eigenvalue weighted by Crippen LogP contribution is -2.29. The number of anilines is 1. The van der Waals surface area contributed by atoms with E-state index in [1.165, 1.54) is 6.92 Å². The second-order valence-electron chi connectivity index (χ2n) is 7.04. The Kier molecular flexibility index (Phi) is 6.64. The highest BCUT2D eigenvalue weighted by Crippen LogP contribution is 2.31. The van der Waals surface area contributed by atoms with Crippen molar-refractivity contribution in [1.29, 1.82) is 0 Å². The van der Waals surface area contributed by atoms with E-state index in [0.29, 0.717) is 11.6 Å². The summed E-state index contributed by atoms with van der Waals surface area (Å²) >= 11 is 0. The molecule has 0 amide bonds. The average Bonchev–Trinajstić information content (AvgIpc) is 3.09. The van der Waals surface area contributed by atoms with Gasteiger partial charge in [0.15, 0.2) is 5.82 Å². The summed E-state index contributed by atoms with van der Waals surface area (Å²) in [6.45, 7) is 4.94. The van der Waals surface area contributed by atoms with Crippen molar-refractivity contribution in [2.75, 3.05) is 18.4 Å². The Morgan fingerprint density at radius 2 is 1.61 bits per heavy atom. The van der Waals surface area contributed by atoms with Crippen molar-refractivity contribution in [3.63, 3.8) is 0 Å². The van der Waals surface area contributed by atoms with Crippen LogP contribution in [0.3, 0.4) is 0 Å². The fourth-order valence-corrected chi connectivity index (χ4v) is 4.12. The number of rotatable bonds is 9. The fourth-order valence-electron chi connectivity index (χ4n) is 3.05. The zero-order valence-electron chi connectivity index (χ0n) is 17.8. The van der Waals surface area contributed by atoms with E-state index in [0.717, 1.165) is 23.5 Å². The number of nitrogens with zero attached hydrogens (tertiary/aromatic N) is 6. The van der Waals surface area contributed by atoms with Gasteiger partial charge in [-0.3, -0.25) is 20.2 Å². The molecule has 15 heteroatoms. The van der Waals surface area contributed by atoms with E-state index in [-0.39, 0.29) is 18.7 Å². The maximum Gasteiger partial charge on any atom is 0.280 e. The van der Waals surface area contributed by atoms with Gasteiger partial charge in [0.1, 0.15) is 11.4 Å². The Hall–Kier alpha value is -3.98. The molecule has 0 aliphatic rings. The van der Waals surface area contributed by atoms with E-state index < -0.39 is 36.1 Å². The first-order valence-corrected chi connectivity index (χ1v) is 11.0. The second-order valence-corrected chi connectivity index (χ2v) is 8.81. The molecule has 0 atom stereocenters. The smallest absolute Gasteiger partial charge is 0.280 e. The van der Waals surface area contributed by atoms with Crippen molar-refractivity contribution in [3.05, 3.63) is 67.5 Å². The zero-order valence-corrected chi connectivity index (χ0v) is 18.7. The van der Waals surface area contributed by atoms with Crippen molar-refractivity contribution < 1.29 is 18.3 Å². The van der Waals surface area contributed by atoms with Gasteiger partial charge in [-0.15, -0.1) is 10.2 Å². The highest BCUT2D eigenvalue weighted by molar-refractivity contribution is 7.89. The van der Waals surface area contributed by atoms with Gasteiger partial charge in [-0.1, -0.05) is 0 Å². The van der Waals surface area contributed by atoms with E-state index in [4.69, 9.17) is 0 Å². The molecule has 0 spiro atoms. The number of nitrogens with one attached hydrogen (secondary N) is 2. The standard InChI is InChI=1S/C18H20N8O6S/c1-11-8-12(2)24(23-11)18-5-4-17(21-22-18)19-6-7-20-33(31,32)14-9-15(25(27)28)13(3)16(10-14)26(29)30/h4-5,8-10,20H,6-7H2,1-3H3,(H,19,21). The van der Waals surface area contributed by atoms with Crippen LogP contribution in [0.4, 0.5) is 17.2 Å². The van der Waals surface area contributed by atoms with Gasteiger partial charge < -0.3 is 5.32 Å². The van der Waals surface area contributed by atoms with Gasteiger partial charge >= 0.3 is 0 Å². The van der Waals surface area contributed by atoms with Crippen molar-refractivity contribution in [2.45, 2.75) is 25.7 Å². The number of benzene rings is 1. The Labute approximate surface area is 188 Å². The summed E-state index contributed by atoms with van der Waals surface area (Å²) in [5.41, 5.74) is 0.205. The summed E-state index contributed by atoms with van der Waals surface area (Å²) in [6, 6.07) is 6.84. The first-order chi connectivity index (χ1) is 15.5. The molecule has 2 N–H and O–H groups in total. The molecule has 0 saturated carbocycles. The highest BCUT2D eigenvalue weighted by atomic mass is 32.2. The van der Waals surface area contributed by atoms with Crippen LogP contribution in [0.15, 0.2) is 35.2 Å². The molecule has 0 aliphatic carbocycles. The Morgan fingerprint density at radius 1 is 0.970 bits per heavy atom. The van der Waals surface area contributed by atoms with E-state index in [2.05, 4.69) is 25.3 Å². The predicted octanol–water partition coefficient (Wildman–Crippen LogP) is 1.79. The van der Waals surface area contributed by atoms with E-state index in [1.807, 2.05) is 19.9 Å². The number of hydrogen-bond donors (Lipinski definition) is 2. The summed E-state index contributed by atoms with van der Waals surface area (Å²) in [4.78, 5) is 20.0. The lowest BCUT2D eigenvalue weighted by molar-refractivity contribution is -0.395. The monoisotopic (exact) mass is 476 g/mol. The molecular formula is C18H20N8O6S. The van der Waals surface area contributed by atoms with Crippen LogP contribution in [0.1, 0.15) is 17.0 Å². The van der Waals surface area contributed by atoms with E-state index in [9.17, 15) is 28.6 Å². The Morgan fingerprint density at radius 3 is 2.09 bits per heavy atom. The maximum absolute atomic E-state index is 12.5. The predicted molar refractivity (Wildman–Crippen MR) is 117 cm³/mol. The minimum absolute atomic E-state index is 0.112. The van der Waals surface area contributed by atoms with Gasteiger partial charge in [-0.2, -0.15) is 5.10 Å². The summed E-state index contributed by atoms with van der Waals surface area (Å²) in [5.74, 6) is 0.913. The lowest BCUT2D eigenvalue weighted by Gasteiger charge is -2.09. The Bertz CT molecular complexity index is 1290. The van der Waals surface area contributed by atoms with Gasteiger partial charge in [0.2, 0.25) is 10.0 Å². The molecule has 3 rings (SSSR count). The van der Waals surface area contributed by atoms with Crippen molar-refractivity contribution in [1.82, 2.24) is 24.7 Å². The summed E-state index contributed by atoms with van der Waals surface area (Å²) < 4.78 is 28.9. The number of aromatic nitrogens is 4. The number of nitro groups is 2. The maximum atomic E-state index is 12.5. The third kappa shape index (κ3) is 5.27. The molecule has 2 aromatic heterocycles. The average molecular weight is 476 g/mol. The van der Waals surface area contributed by atoms with Crippen LogP contribution in [0.2, 0.25) is 0 Å². The molecule has 33 heavy (non-hydrogen) atoms. The normalized spacial score (nSPS) is 11.4. The molecule has 0 unspecified atom stereocenters. The lowest BCUT2D eigenvalue weighted by atomic mass is 10.1. The van der Waals surface area contributed by atoms with Gasteiger partial charge in [0, 0.05) is 30.9 Å². The van der Waals surface area contributed by atoms with Crippen LogP contribution in [-0.4, -0.2) is 51.3 Å². The number of sulfonamides is 1. The molecule has 14 nitrogen and oxygen atoms in total. The highest BCUT2D eigenvalue weighted by Gasteiger charge is 2.27. The Balaban J connectivity index is 1.65. The molecule has 174 valence electrons. The van der Waals surface area contributed by atoms with Crippen LogP contribution in [0, 0.1) is 41.0 Å². The van der Waals surface area contributed by atoms with Crippen molar-refractivity contribution in [2.24, 2.45) is 0 Å². The van der Waals surface area contributed by atoms with Crippen LogP contribution >= 0.6 is 0 Å². The largest absolute Gasteiger partial charge is 0.367 e. The first-order valence-electron chi connectivity index (χ1n) is 9.54. The summed E-state index contributed by atoms with van der Waals surface area (Å²) in [5, 5.41) is 37.6. The van der Waals surface area contributed by atoms with Crippen LogP contribution in [0.25, 0.3) is 5.82 Å². The zero-order chi connectivity index (χ0) is 24.3. The fraction of sp³-hybridized carbons (Fsp3) is 0.278. The van der Waals surface area contributed by atoms with Crippen LogP contribution in [0.5, 0.6) is 0 Å². The third-order valence-corrected chi connectivity index (χ3v) is 6.07. The summed E-state index contributed by atoms with van der Waals surface area (Å²) in [7, 11) is -4.24. The molecule has 0 radical (unpaired) electrons. The number of hydrogen-bond acceptors (Lipinski definition) is 10. The number of nitro benzene ring substituents is 2. The van der Waals surface area contributed by atoms with Gasteiger partial charge in [-0.25, -0.2) is 17.8 Å². The first kappa shape index (κ1) is 23.7. The second kappa shape index (κ2) is 9.25. The molecule has 2 heterocycles. The SMILES string of the molecule is Cc1cc(C)n(-c2ccc(NCCNS(=O)(=O)c3cc([N+](=O)[O-])c(C)c([N+](=O)[O-])c3)nn2)n1. The van der Waals surface area contributed by atoms with Crippen molar-refractivity contribution in [3.8, 4) is 5.82 Å². The van der Waals surface area contributed by atoms with E-state index >= 15 is 0 Å². The van der Waals surface area contributed by atoms with Crippen LogP contribution in [-0.2, 0) is 10.0 Å². The van der Waals surface area contributed by atoms with Crippen molar-refractivity contribution >= 4 is 27.2 Å². The third-order valence-electron chi connectivity index (χ3n) is 4.63. The molecule has 0 aliphatic heterocycles. The van der Waals surface area contributed by atoms with Gasteiger partial charge in [0.05, 0.1) is 20.4 Å². The van der Waals surface area contributed by atoms with Gasteiger partial charge in [0.25, 0.3) is 11.4 Å².